The molecule has 0 saturated heterocycles. The summed E-state index contributed by atoms with van der Waals surface area (Å²) in [7, 11) is 1.64. The van der Waals surface area contributed by atoms with Crippen molar-refractivity contribution in [1.29, 1.82) is 0 Å². The molecule has 1 N–H and O–H groups in total. The van der Waals surface area contributed by atoms with Gasteiger partial charge in [-0.1, -0.05) is 18.9 Å². The standard InChI is InChI=1S/C12H14BrNO/c1-4-11(14-5-2)9-6-7-12(15-3)10(13)8-9/h1,6-8,11,14H,5H2,2-3H3. The van der Waals surface area contributed by atoms with Crippen LogP contribution in [0, 0.1) is 12.3 Å². The summed E-state index contributed by atoms with van der Waals surface area (Å²) in [6.07, 6.45) is 5.45. The molecule has 1 atom stereocenters. The van der Waals surface area contributed by atoms with Gasteiger partial charge in [0, 0.05) is 0 Å². The van der Waals surface area contributed by atoms with Crippen molar-refractivity contribution in [3.8, 4) is 18.1 Å². The summed E-state index contributed by atoms with van der Waals surface area (Å²) in [5.41, 5.74) is 1.06. The van der Waals surface area contributed by atoms with Gasteiger partial charge in [-0.2, -0.15) is 0 Å². The Bertz CT molecular complexity index is 370. The highest BCUT2D eigenvalue weighted by atomic mass is 79.9. The number of terminal acetylenes is 1. The van der Waals surface area contributed by atoms with E-state index < -0.39 is 0 Å². The Morgan fingerprint density at radius 3 is 2.80 bits per heavy atom. The first-order valence-corrected chi connectivity index (χ1v) is 5.55. The van der Waals surface area contributed by atoms with Gasteiger partial charge in [-0.25, -0.2) is 0 Å². The topological polar surface area (TPSA) is 21.3 Å². The Kier molecular flexibility index (Phi) is 4.67. The zero-order chi connectivity index (χ0) is 11.3. The van der Waals surface area contributed by atoms with Crippen LogP contribution in [0.25, 0.3) is 0 Å². The minimum Gasteiger partial charge on any atom is -0.496 e. The van der Waals surface area contributed by atoms with E-state index in [-0.39, 0.29) is 6.04 Å². The zero-order valence-electron chi connectivity index (χ0n) is 8.88. The number of hydrogen-bond donors (Lipinski definition) is 1. The summed E-state index contributed by atoms with van der Waals surface area (Å²) in [4.78, 5) is 0. The number of hydrogen-bond acceptors (Lipinski definition) is 2. The number of rotatable bonds is 4. The van der Waals surface area contributed by atoms with Gasteiger partial charge in [0.05, 0.1) is 17.6 Å². The first-order chi connectivity index (χ1) is 7.22. The first-order valence-electron chi connectivity index (χ1n) is 4.75. The van der Waals surface area contributed by atoms with E-state index in [0.29, 0.717) is 0 Å². The van der Waals surface area contributed by atoms with E-state index in [0.717, 1.165) is 22.3 Å². The second kappa shape index (κ2) is 5.79. The van der Waals surface area contributed by atoms with Crippen molar-refractivity contribution in [2.24, 2.45) is 0 Å². The number of nitrogens with one attached hydrogen (secondary N) is 1. The average molecular weight is 268 g/mol. The molecule has 0 heterocycles. The van der Waals surface area contributed by atoms with E-state index in [1.165, 1.54) is 0 Å². The molecule has 1 rings (SSSR count). The minimum absolute atomic E-state index is 0.0443. The number of halogens is 1. The smallest absolute Gasteiger partial charge is 0.133 e. The molecule has 0 spiro atoms. The normalized spacial score (nSPS) is 11.9. The predicted octanol–water partition coefficient (Wildman–Crippen LogP) is 2.74. The van der Waals surface area contributed by atoms with E-state index >= 15 is 0 Å². The monoisotopic (exact) mass is 267 g/mol. The number of methoxy groups -OCH3 is 1. The van der Waals surface area contributed by atoms with Crippen molar-refractivity contribution in [3.05, 3.63) is 28.2 Å². The van der Waals surface area contributed by atoms with Gasteiger partial charge < -0.3 is 10.1 Å². The molecule has 0 saturated carbocycles. The van der Waals surface area contributed by atoms with Crippen LogP contribution in [0.2, 0.25) is 0 Å². The third-order valence-electron chi connectivity index (χ3n) is 2.08. The van der Waals surface area contributed by atoms with Gasteiger partial charge in [0.1, 0.15) is 5.75 Å². The van der Waals surface area contributed by atoms with Crippen LogP contribution in [0.3, 0.4) is 0 Å². The third kappa shape index (κ3) is 2.98. The van der Waals surface area contributed by atoms with E-state index in [9.17, 15) is 0 Å². The van der Waals surface area contributed by atoms with Crippen LogP contribution in [0.4, 0.5) is 0 Å². The van der Waals surface area contributed by atoms with Crippen LogP contribution in [0.15, 0.2) is 22.7 Å². The van der Waals surface area contributed by atoms with Crippen molar-refractivity contribution in [1.82, 2.24) is 5.32 Å². The van der Waals surface area contributed by atoms with Crippen LogP contribution < -0.4 is 10.1 Å². The van der Waals surface area contributed by atoms with Crippen molar-refractivity contribution in [2.45, 2.75) is 13.0 Å². The SMILES string of the molecule is C#CC(NCC)c1ccc(OC)c(Br)c1. The molecule has 1 aromatic rings. The summed E-state index contributed by atoms with van der Waals surface area (Å²) in [5, 5.41) is 3.22. The van der Waals surface area contributed by atoms with Gasteiger partial charge in [-0.05, 0) is 40.2 Å². The molecule has 0 amide bonds. The summed E-state index contributed by atoms with van der Waals surface area (Å²) in [5.74, 6) is 3.52. The van der Waals surface area contributed by atoms with Crippen molar-refractivity contribution < 1.29 is 4.74 Å². The van der Waals surface area contributed by atoms with Gasteiger partial charge in [0.15, 0.2) is 0 Å². The summed E-state index contributed by atoms with van der Waals surface area (Å²) in [6, 6.07) is 5.81. The van der Waals surface area contributed by atoms with Gasteiger partial charge in [-0.3, -0.25) is 0 Å². The van der Waals surface area contributed by atoms with Gasteiger partial charge in [-0.15, -0.1) is 6.42 Å². The van der Waals surface area contributed by atoms with Crippen LogP contribution in [0.5, 0.6) is 5.75 Å². The molecule has 0 aliphatic rings. The van der Waals surface area contributed by atoms with Crippen LogP contribution in [-0.2, 0) is 0 Å². The number of benzene rings is 1. The predicted molar refractivity (Wildman–Crippen MR) is 65.9 cm³/mol. The molecular weight excluding hydrogens is 254 g/mol. The molecule has 0 fully saturated rings. The molecule has 0 aromatic heterocycles. The molecule has 0 bridgehead atoms. The average Bonchev–Trinajstić information content (AvgIpc) is 2.25. The maximum absolute atomic E-state index is 5.45. The largest absolute Gasteiger partial charge is 0.496 e. The Morgan fingerprint density at radius 2 is 2.33 bits per heavy atom. The molecule has 0 aliphatic carbocycles. The minimum atomic E-state index is -0.0443. The Labute approximate surface area is 99.2 Å². The maximum Gasteiger partial charge on any atom is 0.133 e. The van der Waals surface area contributed by atoms with Crippen molar-refractivity contribution >= 4 is 15.9 Å². The van der Waals surface area contributed by atoms with Crippen LogP contribution in [-0.4, -0.2) is 13.7 Å². The molecular formula is C12H14BrNO. The Balaban J connectivity index is 2.96. The van der Waals surface area contributed by atoms with Crippen LogP contribution >= 0.6 is 15.9 Å². The molecule has 80 valence electrons. The zero-order valence-corrected chi connectivity index (χ0v) is 10.5. The lowest BCUT2D eigenvalue weighted by molar-refractivity contribution is 0.412. The third-order valence-corrected chi connectivity index (χ3v) is 2.70. The fraction of sp³-hybridized carbons (Fsp3) is 0.333. The molecule has 15 heavy (non-hydrogen) atoms. The second-order valence-corrected chi connectivity index (χ2v) is 3.91. The lowest BCUT2D eigenvalue weighted by Gasteiger charge is -2.13. The summed E-state index contributed by atoms with van der Waals surface area (Å²) >= 11 is 3.43. The van der Waals surface area contributed by atoms with E-state index in [1.807, 2.05) is 25.1 Å². The first kappa shape index (κ1) is 12.1. The lowest BCUT2D eigenvalue weighted by Crippen LogP contribution is -2.19. The summed E-state index contributed by atoms with van der Waals surface area (Å²) in [6.45, 7) is 2.88. The van der Waals surface area contributed by atoms with Crippen molar-refractivity contribution in [2.75, 3.05) is 13.7 Å². The molecule has 1 unspecified atom stereocenters. The maximum atomic E-state index is 5.45. The second-order valence-electron chi connectivity index (χ2n) is 3.05. The molecule has 2 nitrogen and oxygen atoms in total. The van der Waals surface area contributed by atoms with E-state index in [2.05, 4.69) is 27.2 Å². The van der Waals surface area contributed by atoms with Crippen LogP contribution in [0.1, 0.15) is 18.5 Å². The van der Waals surface area contributed by atoms with E-state index in [1.54, 1.807) is 7.11 Å². The highest BCUT2D eigenvalue weighted by Crippen LogP contribution is 2.27. The van der Waals surface area contributed by atoms with Gasteiger partial charge in [0.25, 0.3) is 0 Å². The fourth-order valence-electron chi connectivity index (χ4n) is 1.34. The van der Waals surface area contributed by atoms with E-state index in [4.69, 9.17) is 11.2 Å². The molecule has 3 heteroatoms. The molecule has 0 aliphatic heterocycles. The highest BCUT2D eigenvalue weighted by Gasteiger charge is 2.08. The Hall–Kier alpha value is -0.980. The fourth-order valence-corrected chi connectivity index (χ4v) is 1.90. The van der Waals surface area contributed by atoms with Gasteiger partial charge in [0.2, 0.25) is 0 Å². The lowest BCUT2D eigenvalue weighted by atomic mass is 10.1. The molecule has 1 aromatic carbocycles. The van der Waals surface area contributed by atoms with Gasteiger partial charge >= 0.3 is 0 Å². The summed E-state index contributed by atoms with van der Waals surface area (Å²) < 4.78 is 6.07. The van der Waals surface area contributed by atoms with Crippen molar-refractivity contribution in [3.63, 3.8) is 0 Å². The quantitative estimate of drug-likeness (QED) is 0.848. The number of ether oxygens (including phenoxy) is 1. The Morgan fingerprint density at radius 1 is 1.60 bits per heavy atom. The highest BCUT2D eigenvalue weighted by molar-refractivity contribution is 9.10. The molecule has 0 radical (unpaired) electrons.